The zero-order valence-corrected chi connectivity index (χ0v) is 19.2. The zero-order valence-electron chi connectivity index (χ0n) is 17.4. The van der Waals surface area contributed by atoms with Crippen molar-refractivity contribution < 1.29 is 24.3 Å². The van der Waals surface area contributed by atoms with E-state index in [1.165, 1.54) is 0 Å². The smallest absolute Gasteiger partial charge is 0.326 e. The minimum atomic E-state index is -1.18. The molecule has 0 saturated heterocycles. The summed E-state index contributed by atoms with van der Waals surface area (Å²) in [7, 11) is 0. The van der Waals surface area contributed by atoms with Crippen molar-refractivity contribution in [2.45, 2.75) is 44.4 Å². The molecule has 4 atom stereocenters. The van der Waals surface area contributed by atoms with Crippen LogP contribution in [-0.2, 0) is 25.6 Å². The molecular weight excluding hydrogens is 440 g/mol. The van der Waals surface area contributed by atoms with E-state index in [0.29, 0.717) is 6.42 Å². The van der Waals surface area contributed by atoms with Crippen LogP contribution in [0.25, 0.3) is 0 Å². The zero-order chi connectivity index (χ0) is 23.6. The quantitative estimate of drug-likeness (QED) is 0.207. The summed E-state index contributed by atoms with van der Waals surface area (Å²) < 4.78 is 0. The molecule has 0 aromatic heterocycles. The highest BCUT2D eigenvalue weighted by atomic mass is 32.1. The topological polar surface area (TPSA) is 151 Å². The maximum atomic E-state index is 12.6. The van der Waals surface area contributed by atoms with Crippen LogP contribution < -0.4 is 21.7 Å². The van der Waals surface area contributed by atoms with Crippen LogP contribution in [0, 0.1) is 5.92 Å². The first-order valence-electron chi connectivity index (χ1n) is 9.75. The predicted octanol–water partition coefficient (Wildman–Crippen LogP) is -0.389. The maximum absolute atomic E-state index is 12.6. The van der Waals surface area contributed by atoms with E-state index in [-0.39, 0.29) is 17.4 Å². The van der Waals surface area contributed by atoms with Gasteiger partial charge in [0.1, 0.15) is 18.1 Å². The molecule has 3 amide bonds. The largest absolute Gasteiger partial charge is 0.480 e. The van der Waals surface area contributed by atoms with Gasteiger partial charge < -0.3 is 26.8 Å². The van der Waals surface area contributed by atoms with Gasteiger partial charge in [-0.05, 0) is 17.9 Å². The fourth-order valence-corrected chi connectivity index (χ4v) is 3.18. The van der Waals surface area contributed by atoms with Crippen LogP contribution in [0.3, 0.4) is 0 Å². The number of rotatable bonds is 12. The van der Waals surface area contributed by atoms with Crippen LogP contribution in [0.1, 0.15) is 19.4 Å². The van der Waals surface area contributed by atoms with Gasteiger partial charge in [0.15, 0.2) is 0 Å². The Hall–Kier alpha value is -2.24. The molecule has 9 nitrogen and oxygen atoms in total. The highest BCUT2D eigenvalue weighted by molar-refractivity contribution is 7.80. The van der Waals surface area contributed by atoms with Crippen LogP contribution in [0.5, 0.6) is 0 Å². The standard InChI is InChI=1S/C20H30N4O5S2/c1-11(2)16(20(28)29)24-19(27)15(10-31)23-18(26)14(9-30)22-17(25)13(21)8-12-6-4-3-5-7-12/h3-7,11,13-16,30-31H,8-10,21H2,1-2H3,(H,22,25)(H,23,26)(H,24,27)(H,28,29). The van der Waals surface area contributed by atoms with E-state index >= 15 is 0 Å². The van der Waals surface area contributed by atoms with Gasteiger partial charge in [0.25, 0.3) is 0 Å². The highest BCUT2D eigenvalue weighted by Gasteiger charge is 2.30. The summed E-state index contributed by atoms with van der Waals surface area (Å²) in [6.07, 6.45) is 0.293. The number of thiol groups is 2. The third-order valence-corrected chi connectivity index (χ3v) is 5.23. The second-order valence-electron chi connectivity index (χ2n) is 7.35. The van der Waals surface area contributed by atoms with E-state index in [2.05, 4.69) is 41.2 Å². The lowest BCUT2D eigenvalue weighted by molar-refractivity contribution is -0.143. The Morgan fingerprint density at radius 3 is 1.84 bits per heavy atom. The van der Waals surface area contributed by atoms with Crippen molar-refractivity contribution in [1.82, 2.24) is 16.0 Å². The van der Waals surface area contributed by atoms with Gasteiger partial charge in [0, 0.05) is 11.5 Å². The summed E-state index contributed by atoms with van der Waals surface area (Å²) in [6.45, 7) is 3.30. The molecule has 11 heteroatoms. The molecule has 0 aliphatic carbocycles. The summed E-state index contributed by atoms with van der Waals surface area (Å²) in [5, 5.41) is 16.6. The minimum Gasteiger partial charge on any atom is -0.480 e. The third-order valence-electron chi connectivity index (χ3n) is 4.50. The molecule has 0 aliphatic rings. The van der Waals surface area contributed by atoms with Gasteiger partial charge in [-0.15, -0.1) is 0 Å². The Kier molecular flexibility index (Phi) is 11.4. The summed E-state index contributed by atoms with van der Waals surface area (Å²) >= 11 is 8.16. The van der Waals surface area contributed by atoms with Crippen LogP contribution in [0.4, 0.5) is 0 Å². The number of carbonyl (C=O) groups is 4. The van der Waals surface area contributed by atoms with Crippen LogP contribution in [-0.4, -0.2) is 64.5 Å². The molecule has 0 saturated carbocycles. The summed E-state index contributed by atoms with van der Waals surface area (Å²) in [5.41, 5.74) is 6.82. The van der Waals surface area contributed by atoms with Crippen LogP contribution in [0.15, 0.2) is 30.3 Å². The van der Waals surface area contributed by atoms with E-state index in [1.54, 1.807) is 13.8 Å². The van der Waals surface area contributed by atoms with Gasteiger partial charge >= 0.3 is 5.97 Å². The molecule has 0 fully saturated rings. The van der Waals surface area contributed by atoms with Crippen molar-refractivity contribution in [3.63, 3.8) is 0 Å². The first-order valence-corrected chi connectivity index (χ1v) is 11.0. The van der Waals surface area contributed by atoms with Crippen molar-refractivity contribution in [2.75, 3.05) is 11.5 Å². The van der Waals surface area contributed by atoms with E-state index < -0.39 is 47.9 Å². The predicted molar refractivity (Wildman–Crippen MR) is 124 cm³/mol. The highest BCUT2D eigenvalue weighted by Crippen LogP contribution is 2.04. The summed E-state index contributed by atoms with van der Waals surface area (Å²) in [4.78, 5) is 48.7. The van der Waals surface area contributed by atoms with Crippen molar-refractivity contribution >= 4 is 48.9 Å². The Balaban J connectivity index is 2.71. The van der Waals surface area contributed by atoms with Crippen molar-refractivity contribution in [3.05, 3.63) is 35.9 Å². The number of nitrogens with two attached hydrogens (primary N) is 1. The SMILES string of the molecule is CC(C)C(NC(=O)C(CS)NC(=O)C(CS)NC(=O)C(N)Cc1ccccc1)C(=O)O. The van der Waals surface area contributed by atoms with Gasteiger partial charge in [-0.25, -0.2) is 4.79 Å². The maximum Gasteiger partial charge on any atom is 0.326 e. The lowest BCUT2D eigenvalue weighted by Crippen LogP contribution is -2.58. The van der Waals surface area contributed by atoms with Gasteiger partial charge in [0.05, 0.1) is 6.04 Å². The Labute approximate surface area is 192 Å². The Morgan fingerprint density at radius 1 is 0.903 bits per heavy atom. The van der Waals surface area contributed by atoms with E-state index in [4.69, 9.17) is 5.73 Å². The summed E-state index contributed by atoms with van der Waals surface area (Å²) in [6, 6.07) is 5.10. The number of aliphatic carboxylic acids is 1. The van der Waals surface area contributed by atoms with Crippen LogP contribution >= 0.6 is 25.3 Å². The normalized spacial score (nSPS) is 14.8. The minimum absolute atomic E-state index is 0.0275. The molecule has 0 aliphatic heterocycles. The monoisotopic (exact) mass is 470 g/mol. The second-order valence-corrected chi connectivity index (χ2v) is 8.08. The second kappa shape index (κ2) is 13.2. The number of carboxylic acid groups (broad SMARTS) is 1. The van der Waals surface area contributed by atoms with E-state index in [1.807, 2.05) is 30.3 Å². The molecule has 172 valence electrons. The Bertz CT molecular complexity index is 763. The van der Waals surface area contributed by atoms with E-state index in [9.17, 15) is 24.3 Å². The van der Waals surface area contributed by atoms with Gasteiger partial charge in [-0.3, -0.25) is 14.4 Å². The van der Waals surface area contributed by atoms with Crippen molar-refractivity contribution in [2.24, 2.45) is 11.7 Å². The first-order chi connectivity index (χ1) is 14.6. The molecule has 0 radical (unpaired) electrons. The molecule has 0 bridgehead atoms. The lowest BCUT2D eigenvalue weighted by atomic mass is 10.0. The number of carbonyl (C=O) groups excluding carboxylic acids is 3. The average Bonchev–Trinajstić information content (AvgIpc) is 2.73. The summed E-state index contributed by atoms with van der Waals surface area (Å²) in [5.74, 6) is -3.50. The number of hydrogen-bond donors (Lipinski definition) is 7. The fourth-order valence-electron chi connectivity index (χ4n) is 2.67. The molecule has 4 unspecified atom stereocenters. The third kappa shape index (κ3) is 8.80. The molecular formula is C20H30N4O5S2. The molecule has 6 N–H and O–H groups in total. The first kappa shape index (κ1) is 26.8. The molecule has 1 aromatic rings. The molecule has 31 heavy (non-hydrogen) atoms. The van der Waals surface area contributed by atoms with Gasteiger partial charge in [0.2, 0.25) is 17.7 Å². The van der Waals surface area contributed by atoms with Crippen molar-refractivity contribution in [1.29, 1.82) is 0 Å². The lowest BCUT2D eigenvalue weighted by Gasteiger charge is -2.24. The van der Waals surface area contributed by atoms with E-state index in [0.717, 1.165) is 5.56 Å². The molecule has 1 aromatic carbocycles. The molecule has 1 rings (SSSR count). The number of nitrogens with one attached hydrogen (secondary N) is 3. The molecule has 0 spiro atoms. The van der Waals surface area contributed by atoms with Crippen LogP contribution in [0.2, 0.25) is 0 Å². The van der Waals surface area contributed by atoms with Gasteiger partial charge in [-0.1, -0.05) is 44.2 Å². The number of hydrogen-bond acceptors (Lipinski definition) is 7. The fraction of sp³-hybridized carbons (Fsp3) is 0.500. The van der Waals surface area contributed by atoms with Crippen molar-refractivity contribution in [3.8, 4) is 0 Å². The number of carboxylic acids is 1. The Morgan fingerprint density at radius 2 is 1.39 bits per heavy atom. The number of benzene rings is 1. The number of amides is 3. The van der Waals surface area contributed by atoms with Gasteiger partial charge in [-0.2, -0.15) is 25.3 Å². The molecule has 0 heterocycles. The average molecular weight is 471 g/mol.